The maximum atomic E-state index is 14.4. The molecule has 6 amide bonds. The van der Waals surface area contributed by atoms with Crippen LogP contribution in [0.25, 0.3) is 21.3 Å². The standard InChI is InChI=1S/C61H69N9O9S/c1-37-29-40-30-38(2)32-61(31-37,33-40)36-69-39(3)46(34-63-69)43-16-18-51(68-22-20-41-9-6-12-44(47(41)35-68)55(72)67-60-64-48-14-4-5-15-50(48)80-60)65-54(43)57(74)62-21-24-78-26-28-79-27-25-77-23-8-11-42-10-7-13-45-53(42)59(76)70(58(45)75)49-17-19-52(71)66-56(49)73/h4-7,9-10,12-16,18,34,37-38,40,49H,8,11,17,19-33,35-36H2,1-3H3,(H,62,74)(H,64,67,72)(H,66,71,73). The van der Waals surface area contributed by atoms with Crippen LogP contribution in [0.4, 0.5) is 10.9 Å². The number of piperidine rings is 1. The van der Waals surface area contributed by atoms with E-state index in [4.69, 9.17) is 24.3 Å². The first-order valence-corrected chi connectivity index (χ1v) is 29.0. The number of carbonyl (C=O) groups is 6. The molecule has 2 saturated carbocycles. The first kappa shape index (κ1) is 54.8. The number of fused-ring (bicyclic) bond motifs is 5. The molecule has 11 rings (SSSR count). The Labute approximate surface area is 469 Å². The molecule has 3 atom stereocenters. The van der Waals surface area contributed by atoms with Crippen molar-refractivity contribution in [1.82, 2.24) is 35.3 Å². The zero-order chi connectivity index (χ0) is 55.5. The Morgan fingerprint density at radius 3 is 2.34 bits per heavy atom. The summed E-state index contributed by atoms with van der Waals surface area (Å²) in [6, 6.07) is 21.8. The number of aromatic nitrogens is 4. The van der Waals surface area contributed by atoms with Crippen molar-refractivity contribution in [3.05, 3.63) is 124 Å². The van der Waals surface area contributed by atoms with Gasteiger partial charge in [-0.05, 0) is 141 Å². The van der Waals surface area contributed by atoms with Crippen molar-refractivity contribution in [3.63, 3.8) is 0 Å². The van der Waals surface area contributed by atoms with Crippen molar-refractivity contribution in [2.45, 2.75) is 104 Å². The number of aryl methyl sites for hydroxylation is 1. The van der Waals surface area contributed by atoms with Crippen LogP contribution in [0.1, 0.15) is 129 Å². The molecule has 418 valence electrons. The molecule has 6 aromatic rings. The number of rotatable bonds is 21. The SMILES string of the molecule is Cc1c(-c2ccc(N3CCc4cccc(C(=O)Nc5nc6ccccc6s5)c4C3)nc2C(=O)NCCOCCOCCOCCCc2cccc3c2C(=O)N(C2CCC(=O)NC2=O)C3=O)cnn1CC12CC(C)CC(CC(C)C1)C2. The number of ether oxygens (including phenoxy) is 3. The normalized spacial score (nSPS) is 21.6. The van der Waals surface area contributed by atoms with Crippen molar-refractivity contribution < 1.29 is 43.0 Å². The number of nitrogens with zero attached hydrogens (tertiary/aromatic N) is 6. The van der Waals surface area contributed by atoms with Crippen LogP contribution in [0.15, 0.2) is 79.0 Å². The first-order chi connectivity index (χ1) is 38.8. The number of thiazole rings is 1. The van der Waals surface area contributed by atoms with Crippen LogP contribution >= 0.6 is 11.3 Å². The van der Waals surface area contributed by atoms with Crippen molar-refractivity contribution in [2.24, 2.45) is 23.2 Å². The summed E-state index contributed by atoms with van der Waals surface area (Å²) >= 11 is 1.44. The Bertz CT molecular complexity index is 3300. The molecule has 5 aliphatic rings. The molecule has 3 aromatic carbocycles. The molecule has 18 nitrogen and oxygen atoms in total. The molecular formula is C61H69N9O9S. The van der Waals surface area contributed by atoms with Crippen LogP contribution in [0.5, 0.6) is 0 Å². The first-order valence-electron chi connectivity index (χ1n) is 28.2. The molecular weight excluding hydrogens is 1030 g/mol. The highest BCUT2D eigenvalue weighted by Crippen LogP contribution is 2.54. The van der Waals surface area contributed by atoms with E-state index in [1.807, 2.05) is 54.7 Å². The molecule has 6 heterocycles. The third-order valence-corrected chi connectivity index (χ3v) is 17.6. The molecule has 0 radical (unpaired) electrons. The van der Waals surface area contributed by atoms with Gasteiger partial charge in [-0.15, -0.1) is 0 Å². The van der Waals surface area contributed by atoms with Gasteiger partial charge < -0.3 is 24.4 Å². The summed E-state index contributed by atoms with van der Waals surface area (Å²) in [5.41, 5.74) is 7.80. The number of hydrogen-bond acceptors (Lipinski definition) is 14. The lowest BCUT2D eigenvalue weighted by molar-refractivity contribution is -0.136. The van der Waals surface area contributed by atoms with Crippen molar-refractivity contribution >= 4 is 67.9 Å². The van der Waals surface area contributed by atoms with E-state index in [1.165, 1.54) is 43.4 Å². The number of amides is 6. The van der Waals surface area contributed by atoms with Crippen LogP contribution < -0.4 is 20.9 Å². The summed E-state index contributed by atoms with van der Waals surface area (Å²) in [5, 5.41) is 13.9. The molecule has 2 aliphatic carbocycles. The van der Waals surface area contributed by atoms with Crippen molar-refractivity contribution in [1.29, 1.82) is 0 Å². The average Bonchev–Trinajstić information content (AvgIpc) is 4.23. The molecule has 80 heavy (non-hydrogen) atoms. The number of pyridine rings is 1. The highest BCUT2D eigenvalue weighted by atomic mass is 32.1. The third kappa shape index (κ3) is 11.7. The Morgan fingerprint density at radius 2 is 1.55 bits per heavy atom. The second-order valence-electron chi connectivity index (χ2n) is 22.6. The lowest BCUT2D eigenvalue weighted by Crippen LogP contribution is -2.54. The molecule has 19 heteroatoms. The maximum Gasteiger partial charge on any atom is 0.270 e. The van der Waals surface area contributed by atoms with Gasteiger partial charge in [0.1, 0.15) is 17.6 Å². The van der Waals surface area contributed by atoms with Crippen molar-refractivity contribution in [2.75, 3.05) is 62.9 Å². The summed E-state index contributed by atoms with van der Waals surface area (Å²) in [4.78, 5) is 92.0. The number of imide groups is 2. The number of hydrogen-bond donors (Lipinski definition) is 3. The second kappa shape index (κ2) is 23.9. The largest absolute Gasteiger partial charge is 0.379 e. The van der Waals surface area contributed by atoms with E-state index in [0.717, 1.165) is 50.0 Å². The summed E-state index contributed by atoms with van der Waals surface area (Å²) in [5.74, 6) is 0.137. The van der Waals surface area contributed by atoms with Gasteiger partial charge in [0, 0.05) is 61.6 Å². The molecule has 2 bridgehead atoms. The van der Waals surface area contributed by atoms with E-state index in [9.17, 15) is 28.8 Å². The van der Waals surface area contributed by atoms with E-state index in [-0.39, 0.29) is 48.8 Å². The molecule has 3 unspecified atom stereocenters. The number of anilines is 2. The average molecular weight is 1100 g/mol. The summed E-state index contributed by atoms with van der Waals surface area (Å²) in [6.45, 7) is 11.1. The molecule has 3 N–H and O–H groups in total. The number of nitrogens with one attached hydrogen (secondary N) is 3. The predicted molar refractivity (Wildman–Crippen MR) is 303 cm³/mol. The fourth-order valence-corrected chi connectivity index (χ4v) is 14.3. The van der Waals surface area contributed by atoms with Crippen LogP contribution in [0, 0.1) is 30.1 Å². The molecule has 3 aliphatic heterocycles. The topological polar surface area (TPSA) is 216 Å². The van der Waals surface area contributed by atoms with E-state index in [0.29, 0.717) is 116 Å². The third-order valence-electron chi connectivity index (χ3n) is 16.7. The van der Waals surface area contributed by atoms with Gasteiger partial charge in [-0.3, -0.25) is 49.0 Å². The fraction of sp³-hybridized carbons (Fsp3) is 0.459. The smallest absolute Gasteiger partial charge is 0.270 e. The van der Waals surface area contributed by atoms with Crippen LogP contribution in [0.3, 0.4) is 0 Å². The van der Waals surface area contributed by atoms with Gasteiger partial charge in [0.2, 0.25) is 11.8 Å². The van der Waals surface area contributed by atoms with Crippen molar-refractivity contribution in [3.8, 4) is 11.1 Å². The number of benzene rings is 3. The Kier molecular flexibility index (Phi) is 16.3. The zero-order valence-electron chi connectivity index (χ0n) is 45.7. The van der Waals surface area contributed by atoms with Crippen LogP contribution in [-0.2, 0) is 49.7 Å². The van der Waals surface area contributed by atoms with Gasteiger partial charge in [-0.1, -0.05) is 61.6 Å². The van der Waals surface area contributed by atoms with Crippen LogP contribution in [-0.4, -0.2) is 119 Å². The second-order valence-corrected chi connectivity index (χ2v) is 23.6. The fourth-order valence-electron chi connectivity index (χ4n) is 13.4. The molecule has 0 spiro atoms. The van der Waals surface area contributed by atoms with Crippen LogP contribution in [0.2, 0.25) is 0 Å². The van der Waals surface area contributed by atoms with Gasteiger partial charge in [-0.25, -0.2) is 9.97 Å². The highest BCUT2D eigenvalue weighted by Gasteiger charge is 2.46. The minimum atomic E-state index is -1.01. The van der Waals surface area contributed by atoms with Gasteiger partial charge in [-0.2, -0.15) is 5.10 Å². The molecule has 1 saturated heterocycles. The van der Waals surface area contributed by atoms with Gasteiger partial charge >= 0.3 is 0 Å². The zero-order valence-corrected chi connectivity index (χ0v) is 46.5. The monoisotopic (exact) mass is 1100 g/mol. The van der Waals surface area contributed by atoms with Gasteiger partial charge in [0.25, 0.3) is 23.6 Å². The summed E-state index contributed by atoms with van der Waals surface area (Å²) < 4.78 is 20.6. The van der Waals surface area contributed by atoms with E-state index in [1.54, 1.807) is 18.2 Å². The van der Waals surface area contributed by atoms with E-state index >= 15 is 0 Å². The molecule has 3 aromatic heterocycles. The predicted octanol–water partition coefficient (Wildman–Crippen LogP) is 8.34. The lowest BCUT2D eigenvalue weighted by atomic mass is 9.57. The minimum absolute atomic E-state index is 0.0624. The number of carbonyl (C=O) groups excluding carboxylic acids is 6. The minimum Gasteiger partial charge on any atom is -0.379 e. The maximum absolute atomic E-state index is 14.4. The number of para-hydroxylation sites is 1. The van der Waals surface area contributed by atoms with Gasteiger partial charge in [0.05, 0.1) is 60.6 Å². The lowest BCUT2D eigenvalue weighted by Gasteiger charge is -2.50. The quantitative estimate of drug-likeness (QED) is 0.0457. The van der Waals surface area contributed by atoms with Gasteiger partial charge in [0.15, 0.2) is 5.13 Å². The Morgan fingerprint density at radius 1 is 0.787 bits per heavy atom. The highest BCUT2D eigenvalue weighted by molar-refractivity contribution is 7.22. The summed E-state index contributed by atoms with van der Waals surface area (Å²) in [7, 11) is 0. The van der Waals surface area contributed by atoms with E-state index in [2.05, 4.69) is 57.4 Å². The van der Waals surface area contributed by atoms with E-state index < -0.39 is 29.7 Å². The Balaban J connectivity index is 0.687. The Hall–Kier alpha value is -7.19. The molecule has 3 fully saturated rings. The summed E-state index contributed by atoms with van der Waals surface area (Å²) in [6.07, 6.45) is 10.1.